The lowest BCUT2D eigenvalue weighted by molar-refractivity contribution is 0.0690. The van der Waals surface area contributed by atoms with E-state index >= 15 is 0 Å². The van der Waals surface area contributed by atoms with Crippen LogP contribution in [0.3, 0.4) is 0 Å². The number of furan rings is 1. The number of benzene rings is 1. The van der Waals surface area contributed by atoms with Gasteiger partial charge in [0.25, 0.3) is 5.91 Å². The van der Waals surface area contributed by atoms with Crippen molar-refractivity contribution in [2.45, 2.75) is 25.5 Å². The van der Waals surface area contributed by atoms with Crippen LogP contribution >= 0.6 is 0 Å². The van der Waals surface area contributed by atoms with Crippen LogP contribution in [-0.4, -0.2) is 34.4 Å². The summed E-state index contributed by atoms with van der Waals surface area (Å²) in [6.45, 7) is 0.959. The minimum atomic E-state index is -0.316. The lowest BCUT2D eigenvalue weighted by atomic mass is 10.2. The molecule has 1 aliphatic heterocycles. The minimum Gasteiger partial charge on any atom is -0.453 e. The lowest BCUT2D eigenvalue weighted by Gasteiger charge is -2.22. The number of nitrogens with zero attached hydrogens (tertiary/aromatic N) is 2. The number of methoxy groups -OCH3 is 1. The van der Waals surface area contributed by atoms with Crippen molar-refractivity contribution in [3.8, 4) is 0 Å². The molecule has 0 radical (unpaired) electrons. The summed E-state index contributed by atoms with van der Waals surface area (Å²) < 4.78 is 24.0. The van der Waals surface area contributed by atoms with E-state index in [-0.39, 0.29) is 17.8 Å². The second-order valence-corrected chi connectivity index (χ2v) is 6.14. The average molecular weight is 343 g/mol. The van der Waals surface area contributed by atoms with Gasteiger partial charge >= 0.3 is 0 Å². The summed E-state index contributed by atoms with van der Waals surface area (Å²) in [5, 5.41) is 0. The number of fused-ring (bicyclic) bond motifs is 1. The molecule has 2 aromatic heterocycles. The predicted octanol–water partition coefficient (Wildman–Crippen LogP) is 3.42. The van der Waals surface area contributed by atoms with Gasteiger partial charge in [-0.25, -0.2) is 9.37 Å². The van der Waals surface area contributed by atoms with E-state index in [2.05, 4.69) is 9.97 Å². The normalized spacial score (nSPS) is 17.5. The van der Waals surface area contributed by atoms with Gasteiger partial charge in [-0.3, -0.25) is 4.79 Å². The molecule has 1 fully saturated rings. The highest BCUT2D eigenvalue weighted by Gasteiger charge is 2.34. The number of halogens is 1. The Morgan fingerprint density at radius 3 is 3.16 bits per heavy atom. The van der Waals surface area contributed by atoms with Gasteiger partial charge in [-0.2, -0.15) is 0 Å². The van der Waals surface area contributed by atoms with E-state index in [1.165, 1.54) is 12.1 Å². The summed E-state index contributed by atoms with van der Waals surface area (Å²) in [7, 11) is 1.57. The minimum absolute atomic E-state index is 0.168. The molecule has 0 saturated carbocycles. The summed E-state index contributed by atoms with van der Waals surface area (Å²) in [5.41, 5.74) is 1.32. The number of hydrogen-bond acceptors (Lipinski definition) is 4. The molecule has 1 aromatic carbocycles. The number of carbonyl (C=O) groups excluding carboxylic acids is 1. The lowest BCUT2D eigenvalue weighted by Crippen LogP contribution is -2.30. The van der Waals surface area contributed by atoms with Crippen LogP contribution < -0.4 is 0 Å². The molecule has 0 aliphatic carbocycles. The highest BCUT2D eigenvalue weighted by Crippen LogP contribution is 2.33. The van der Waals surface area contributed by atoms with Gasteiger partial charge in [0.1, 0.15) is 24.0 Å². The first-order chi connectivity index (χ1) is 12.2. The van der Waals surface area contributed by atoms with Crippen molar-refractivity contribution in [1.82, 2.24) is 14.9 Å². The molecule has 1 saturated heterocycles. The molecule has 6 nitrogen and oxygen atoms in total. The van der Waals surface area contributed by atoms with E-state index in [9.17, 15) is 9.18 Å². The maximum atomic E-state index is 13.4. The summed E-state index contributed by atoms with van der Waals surface area (Å²) in [5.74, 6) is 1.09. The molecular weight excluding hydrogens is 325 g/mol. The van der Waals surface area contributed by atoms with Crippen LogP contribution in [0.4, 0.5) is 4.39 Å². The standard InChI is InChI=1S/C18H18FN3O3/c1-24-10-12-5-7-16(25-12)18(23)22-8-2-3-15(22)17-20-13-6-4-11(19)9-14(13)21-17/h4-7,9,15H,2-3,8,10H2,1H3,(H,20,21)/t15-/m0/s1. The van der Waals surface area contributed by atoms with Crippen molar-refractivity contribution in [1.29, 1.82) is 0 Å². The molecule has 1 atom stereocenters. The first kappa shape index (κ1) is 15.8. The largest absolute Gasteiger partial charge is 0.453 e. The molecule has 130 valence electrons. The van der Waals surface area contributed by atoms with Crippen LogP contribution in [-0.2, 0) is 11.3 Å². The number of carbonyl (C=O) groups is 1. The van der Waals surface area contributed by atoms with E-state index in [0.717, 1.165) is 12.8 Å². The Morgan fingerprint density at radius 2 is 2.32 bits per heavy atom. The van der Waals surface area contributed by atoms with Crippen molar-refractivity contribution in [2.24, 2.45) is 0 Å². The number of imidazole rings is 1. The third-order valence-electron chi connectivity index (χ3n) is 4.45. The number of likely N-dealkylation sites (tertiary alicyclic amines) is 1. The Balaban J connectivity index is 1.61. The molecule has 3 aromatic rings. The van der Waals surface area contributed by atoms with E-state index < -0.39 is 0 Å². The number of aromatic amines is 1. The van der Waals surface area contributed by atoms with Crippen LogP contribution in [0.5, 0.6) is 0 Å². The highest BCUT2D eigenvalue weighted by molar-refractivity contribution is 5.92. The molecule has 0 bridgehead atoms. The van der Waals surface area contributed by atoms with Crippen LogP contribution in [0.15, 0.2) is 34.7 Å². The van der Waals surface area contributed by atoms with Gasteiger partial charge in [0.05, 0.1) is 17.1 Å². The summed E-state index contributed by atoms with van der Waals surface area (Å²) >= 11 is 0. The molecule has 3 heterocycles. The van der Waals surface area contributed by atoms with Crippen molar-refractivity contribution < 1.29 is 18.3 Å². The molecule has 0 unspecified atom stereocenters. The average Bonchev–Trinajstić information content (AvgIpc) is 3.32. The summed E-state index contributed by atoms with van der Waals surface area (Å²) in [4.78, 5) is 22.2. The van der Waals surface area contributed by atoms with Crippen LogP contribution in [0.2, 0.25) is 0 Å². The molecule has 4 rings (SSSR count). The van der Waals surface area contributed by atoms with E-state index in [1.54, 1.807) is 30.2 Å². The number of ether oxygens (including phenoxy) is 1. The zero-order valence-electron chi connectivity index (χ0n) is 13.8. The molecule has 25 heavy (non-hydrogen) atoms. The zero-order chi connectivity index (χ0) is 17.4. The molecule has 1 N–H and O–H groups in total. The predicted molar refractivity (Wildman–Crippen MR) is 88.5 cm³/mol. The number of aromatic nitrogens is 2. The molecule has 0 spiro atoms. The van der Waals surface area contributed by atoms with Gasteiger partial charge in [0, 0.05) is 13.7 Å². The van der Waals surface area contributed by atoms with Gasteiger partial charge < -0.3 is 19.0 Å². The number of hydrogen-bond donors (Lipinski definition) is 1. The van der Waals surface area contributed by atoms with Crippen LogP contribution in [0.25, 0.3) is 11.0 Å². The maximum absolute atomic E-state index is 13.4. The van der Waals surface area contributed by atoms with Gasteiger partial charge in [-0.1, -0.05) is 0 Å². The first-order valence-electron chi connectivity index (χ1n) is 8.19. The fourth-order valence-electron chi connectivity index (χ4n) is 3.31. The van der Waals surface area contributed by atoms with Crippen molar-refractivity contribution >= 4 is 16.9 Å². The quantitative estimate of drug-likeness (QED) is 0.788. The van der Waals surface area contributed by atoms with Gasteiger partial charge in [-0.05, 0) is 43.2 Å². The second-order valence-electron chi connectivity index (χ2n) is 6.14. The van der Waals surface area contributed by atoms with Crippen molar-refractivity contribution in [3.05, 3.63) is 53.5 Å². The van der Waals surface area contributed by atoms with E-state index in [1.807, 2.05) is 0 Å². The van der Waals surface area contributed by atoms with Gasteiger partial charge in [0.15, 0.2) is 5.76 Å². The summed E-state index contributed by atoms with van der Waals surface area (Å²) in [6.07, 6.45) is 1.69. The van der Waals surface area contributed by atoms with Gasteiger partial charge in [0.2, 0.25) is 0 Å². The zero-order valence-corrected chi connectivity index (χ0v) is 13.8. The number of H-pyrrole nitrogens is 1. The summed E-state index contributed by atoms with van der Waals surface area (Å²) in [6, 6.07) is 7.67. The number of rotatable bonds is 4. The Kier molecular flexibility index (Phi) is 4.01. The van der Waals surface area contributed by atoms with E-state index in [0.29, 0.717) is 41.5 Å². The van der Waals surface area contributed by atoms with E-state index in [4.69, 9.17) is 9.15 Å². The first-order valence-corrected chi connectivity index (χ1v) is 8.19. The number of amides is 1. The SMILES string of the molecule is COCc1ccc(C(=O)N2CCC[C@H]2c2nc3ccc(F)cc3[nH]2)o1. The van der Waals surface area contributed by atoms with Crippen LogP contribution in [0.1, 0.15) is 41.0 Å². The molecule has 1 amide bonds. The van der Waals surface area contributed by atoms with Crippen molar-refractivity contribution in [3.63, 3.8) is 0 Å². The Morgan fingerprint density at radius 1 is 1.44 bits per heavy atom. The fraction of sp³-hybridized carbons (Fsp3) is 0.333. The smallest absolute Gasteiger partial charge is 0.290 e. The maximum Gasteiger partial charge on any atom is 0.290 e. The fourth-order valence-corrected chi connectivity index (χ4v) is 3.31. The van der Waals surface area contributed by atoms with Crippen molar-refractivity contribution in [2.75, 3.05) is 13.7 Å². The Labute approximate surface area is 143 Å². The van der Waals surface area contributed by atoms with Crippen LogP contribution in [0, 0.1) is 5.82 Å². The number of nitrogens with one attached hydrogen (secondary N) is 1. The van der Waals surface area contributed by atoms with Gasteiger partial charge in [-0.15, -0.1) is 0 Å². The molecule has 1 aliphatic rings. The second kappa shape index (κ2) is 6.33. The monoisotopic (exact) mass is 343 g/mol. The molecular formula is C18H18FN3O3. The third kappa shape index (κ3) is 2.91. The Hall–Kier alpha value is -2.67. The topological polar surface area (TPSA) is 71.4 Å². The highest BCUT2D eigenvalue weighted by atomic mass is 19.1. The Bertz CT molecular complexity index is 917. The molecule has 7 heteroatoms. The third-order valence-corrected chi connectivity index (χ3v) is 4.45.